The third-order valence-electron chi connectivity index (χ3n) is 5.55. The van der Waals surface area contributed by atoms with Crippen LogP contribution in [0.1, 0.15) is 33.1 Å². The number of nitrogens with one attached hydrogen (secondary N) is 1. The van der Waals surface area contributed by atoms with Crippen molar-refractivity contribution in [3.63, 3.8) is 0 Å². The number of carbonyl (C=O) groups excluding carboxylic acids is 1. The lowest BCUT2D eigenvalue weighted by molar-refractivity contribution is -0.138. The molecule has 0 aliphatic carbocycles. The van der Waals surface area contributed by atoms with Gasteiger partial charge in [0, 0.05) is 11.5 Å². The third kappa shape index (κ3) is 4.35. The van der Waals surface area contributed by atoms with Crippen LogP contribution in [0.25, 0.3) is 10.9 Å². The second-order valence-electron chi connectivity index (χ2n) is 7.82. The molecule has 1 unspecified atom stereocenters. The van der Waals surface area contributed by atoms with E-state index in [0.717, 1.165) is 12.1 Å². The van der Waals surface area contributed by atoms with Crippen LogP contribution in [0.5, 0.6) is 11.5 Å². The van der Waals surface area contributed by atoms with Crippen LogP contribution in [0.15, 0.2) is 41.2 Å². The van der Waals surface area contributed by atoms with E-state index in [4.69, 9.17) is 9.84 Å². The summed E-state index contributed by atoms with van der Waals surface area (Å²) in [4.78, 5) is 36.8. The van der Waals surface area contributed by atoms with Crippen molar-refractivity contribution >= 4 is 22.8 Å². The van der Waals surface area contributed by atoms with Crippen LogP contribution in [0.4, 0.5) is 13.2 Å². The van der Waals surface area contributed by atoms with Crippen LogP contribution >= 0.6 is 0 Å². The highest BCUT2D eigenvalue weighted by molar-refractivity contribution is 6.04. The molecule has 1 aliphatic rings. The monoisotopic (exact) mass is 487 g/mol. The number of nitriles is 1. The van der Waals surface area contributed by atoms with Gasteiger partial charge in [-0.15, -0.1) is 0 Å². The second-order valence-corrected chi connectivity index (χ2v) is 7.82. The predicted molar refractivity (Wildman–Crippen MR) is 114 cm³/mol. The summed E-state index contributed by atoms with van der Waals surface area (Å²) in [5, 5.41) is 30.9. The number of rotatable bonds is 5. The van der Waals surface area contributed by atoms with Crippen molar-refractivity contribution < 1.29 is 37.7 Å². The highest BCUT2D eigenvalue weighted by Crippen LogP contribution is 2.39. The Labute approximate surface area is 194 Å². The van der Waals surface area contributed by atoms with Gasteiger partial charge >= 0.3 is 12.1 Å². The zero-order valence-electron chi connectivity index (χ0n) is 17.7. The molecule has 0 saturated carbocycles. The molecule has 0 radical (unpaired) electrons. The summed E-state index contributed by atoms with van der Waals surface area (Å²) in [6.07, 6.45) is -4.46. The number of hydrogen-bond acceptors (Lipinski definition) is 6. The molecule has 1 aromatic heterocycles. The van der Waals surface area contributed by atoms with E-state index >= 15 is 0 Å². The van der Waals surface area contributed by atoms with Crippen LogP contribution in [-0.4, -0.2) is 39.8 Å². The van der Waals surface area contributed by atoms with Gasteiger partial charge in [0.1, 0.15) is 30.2 Å². The summed E-state index contributed by atoms with van der Waals surface area (Å²) < 4.78 is 45.6. The van der Waals surface area contributed by atoms with Gasteiger partial charge in [0.05, 0.1) is 28.8 Å². The standard InChI is InChI=1S/C23H16F3N3O6/c24-23(25,26)13-3-1-11(2-4-13)5-14-10-35-16-7-12(8-27)6-15-19(16)29(14)22(34)18(20(15)32)21(33)28-9-17(30)31/h1-4,6-7,14,32H,5,9-10H2,(H,28,33)(H,30,31). The smallest absolute Gasteiger partial charge is 0.416 e. The van der Waals surface area contributed by atoms with Crippen LogP contribution in [0.3, 0.4) is 0 Å². The van der Waals surface area contributed by atoms with Gasteiger partial charge in [0.2, 0.25) is 0 Å². The van der Waals surface area contributed by atoms with Gasteiger partial charge in [-0.25, -0.2) is 0 Å². The maximum absolute atomic E-state index is 13.4. The Kier molecular flexibility index (Phi) is 5.86. The number of amides is 1. The first kappa shape index (κ1) is 23.6. The number of carbonyl (C=O) groups is 2. The lowest BCUT2D eigenvalue weighted by Crippen LogP contribution is -2.39. The molecule has 3 aromatic rings. The van der Waals surface area contributed by atoms with Gasteiger partial charge in [-0.2, -0.15) is 18.4 Å². The zero-order chi connectivity index (χ0) is 25.5. The number of pyridine rings is 1. The molecule has 4 rings (SSSR count). The molecule has 0 fully saturated rings. The van der Waals surface area contributed by atoms with Gasteiger partial charge in [-0.1, -0.05) is 12.1 Å². The van der Waals surface area contributed by atoms with Crippen LogP contribution < -0.4 is 15.6 Å². The first-order chi connectivity index (χ1) is 16.5. The number of carboxylic acids is 1. The number of aromatic nitrogens is 1. The number of ether oxygens (including phenoxy) is 1. The van der Waals surface area contributed by atoms with Crippen molar-refractivity contribution in [1.82, 2.24) is 9.88 Å². The number of carboxylic acid groups (broad SMARTS) is 1. The average molecular weight is 487 g/mol. The SMILES string of the molecule is N#Cc1cc2c3c(c1)c(O)c(C(=O)NCC(=O)O)c(=O)n3C(Cc1ccc(C(F)(F)F)cc1)CO2. The molecule has 1 amide bonds. The molecular formula is C23H16F3N3O6. The third-order valence-corrected chi connectivity index (χ3v) is 5.55. The maximum Gasteiger partial charge on any atom is 0.416 e. The Bertz CT molecular complexity index is 1460. The number of aliphatic carboxylic acids is 1. The minimum absolute atomic E-state index is 0.0451. The van der Waals surface area contributed by atoms with E-state index in [-0.39, 0.29) is 35.2 Å². The Morgan fingerprint density at radius 3 is 2.51 bits per heavy atom. The minimum atomic E-state index is -4.51. The number of halogens is 3. The fourth-order valence-corrected chi connectivity index (χ4v) is 3.98. The second kappa shape index (κ2) is 8.68. The fraction of sp³-hybridized carbons (Fsp3) is 0.217. The average Bonchev–Trinajstić information content (AvgIpc) is 2.81. The Balaban J connectivity index is 1.86. The van der Waals surface area contributed by atoms with E-state index in [1.807, 2.05) is 11.4 Å². The van der Waals surface area contributed by atoms with E-state index in [2.05, 4.69) is 0 Å². The largest absolute Gasteiger partial charge is 0.506 e. The van der Waals surface area contributed by atoms with E-state index in [1.165, 1.54) is 28.8 Å². The lowest BCUT2D eigenvalue weighted by atomic mass is 9.99. The van der Waals surface area contributed by atoms with Crippen molar-refractivity contribution in [2.24, 2.45) is 0 Å². The van der Waals surface area contributed by atoms with E-state index in [0.29, 0.717) is 5.56 Å². The number of aromatic hydroxyl groups is 1. The Morgan fingerprint density at radius 1 is 1.23 bits per heavy atom. The maximum atomic E-state index is 13.4. The summed E-state index contributed by atoms with van der Waals surface area (Å²) in [5.41, 5.74) is -1.87. The van der Waals surface area contributed by atoms with Gasteiger partial charge in [-0.3, -0.25) is 19.0 Å². The predicted octanol–water partition coefficient (Wildman–Crippen LogP) is 2.59. The molecule has 9 nitrogen and oxygen atoms in total. The number of benzene rings is 2. The first-order valence-corrected chi connectivity index (χ1v) is 10.2. The molecule has 3 N–H and O–H groups in total. The van der Waals surface area contributed by atoms with Crippen molar-refractivity contribution in [1.29, 1.82) is 5.26 Å². The molecule has 0 bridgehead atoms. The molecule has 0 spiro atoms. The van der Waals surface area contributed by atoms with Gasteiger partial charge in [-0.05, 0) is 30.2 Å². The van der Waals surface area contributed by atoms with Gasteiger partial charge < -0.3 is 20.3 Å². The Hall–Kier alpha value is -4.53. The van der Waals surface area contributed by atoms with E-state index < -0.39 is 53.1 Å². The highest BCUT2D eigenvalue weighted by atomic mass is 19.4. The molecule has 1 aliphatic heterocycles. The Morgan fingerprint density at radius 2 is 1.91 bits per heavy atom. The molecule has 0 saturated heterocycles. The molecule has 2 heterocycles. The number of alkyl halides is 3. The van der Waals surface area contributed by atoms with Crippen molar-refractivity contribution in [3.05, 3.63) is 69.0 Å². The van der Waals surface area contributed by atoms with Crippen LogP contribution in [0, 0.1) is 11.3 Å². The summed E-state index contributed by atoms with van der Waals surface area (Å²) >= 11 is 0. The lowest BCUT2D eigenvalue weighted by Gasteiger charge is -2.29. The van der Waals surface area contributed by atoms with Gasteiger partial charge in [0.25, 0.3) is 11.5 Å². The molecule has 35 heavy (non-hydrogen) atoms. The van der Waals surface area contributed by atoms with Crippen molar-refractivity contribution in [2.75, 3.05) is 13.2 Å². The summed E-state index contributed by atoms with van der Waals surface area (Å²) in [6.45, 7) is -0.920. The molecule has 1 atom stereocenters. The summed E-state index contributed by atoms with van der Waals surface area (Å²) in [7, 11) is 0. The van der Waals surface area contributed by atoms with Crippen LogP contribution in [-0.2, 0) is 17.4 Å². The van der Waals surface area contributed by atoms with Gasteiger partial charge in [0.15, 0.2) is 0 Å². The summed E-state index contributed by atoms with van der Waals surface area (Å²) in [5.74, 6) is -3.15. The summed E-state index contributed by atoms with van der Waals surface area (Å²) in [6, 6.07) is 8.06. The highest BCUT2D eigenvalue weighted by Gasteiger charge is 2.32. The fourth-order valence-electron chi connectivity index (χ4n) is 3.98. The molecule has 12 heteroatoms. The topological polar surface area (TPSA) is 142 Å². The zero-order valence-corrected chi connectivity index (χ0v) is 17.7. The van der Waals surface area contributed by atoms with Crippen molar-refractivity contribution in [3.8, 4) is 17.6 Å². The number of hydrogen-bond donors (Lipinski definition) is 3. The van der Waals surface area contributed by atoms with Crippen LogP contribution in [0.2, 0.25) is 0 Å². The van der Waals surface area contributed by atoms with E-state index in [1.54, 1.807) is 0 Å². The van der Waals surface area contributed by atoms with Crippen molar-refractivity contribution in [2.45, 2.75) is 18.6 Å². The normalized spacial score (nSPS) is 14.7. The number of nitrogens with zero attached hydrogens (tertiary/aromatic N) is 2. The molecular weight excluding hydrogens is 471 g/mol. The first-order valence-electron chi connectivity index (χ1n) is 10.2. The van der Waals surface area contributed by atoms with E-state index in [9.17, 15) is 37.9 Å². The molecule has 2 aromatic carbocycles. The minimum Gasteiger partial charge on any atom is -0.506 e. The quantitative estimate of drug-likeness (QED) is 0.502. The molecule has 180 valence electrons.